The number of aromatic nitrogens is 3. The maximum Gasteiger partial charge on any atom is 0.257 e. The number of carbonyl (C=O) groups excluding carboxylic acids is 1. The highest BCUT2D eigenvalue weighted by Gasteiger charge is 2.11. The summed E-state index contributed by atoms with van der Waals surface area (Å²) in [6.45, 7) is 0. The first kappa shape index (κ1) is 15.7. The first-order chi connectivity index (χ1) is 12.2. The average molecular weight is 367 g/mol. The van der Waals surface area contributed by atoms with Crippen LogP contribution in [0, 0.1) is 0 Å². The minimum absolute atomic E-state index is 0.232. The van der Waals surface area contributed by atoms with Gasteiger partial charge in [0.1, 0.15) is 0 Å². The molecule has 7 heteroatoms. The molecule has 0 spiro atoms. The first-order valence-corrected chi connectivity index (χ1v) is 8.68. The van der Waals surface area contributed by atoms with Crippen LogP contribution in [-0.2, 0) is 0 Å². The van der Waals surface area contributed by atoms with E-state index in [0.29, 0.717) is 21.2 Å². The summed E-state index contributed by atoms with van der Waals surface area (Å²) in [7, 11) is 0. The molecule has 4 rings (SSSR count). The topological polar surface area (TPSA) is 67.8 Å². The predicted molar refractivity (Wildman–Crippen MR) is 100 cm³/mol. The zero-order valence-corrected chi connectivity index (χ0v) is 14.4. The Morgan fingerprint density at radius 1 is 1.00 bits per heavy atom. The van der Waals surface area contributed by atoms with Crippen molar-refractivity contribution < 1.29 is 4.79 Å². The number of benzene rings is 2. The molecule has 0 fully saturated rings. The van der Waals surface area contributed by atoms with Crippen molar-refractivity contribution in [2.45, 2.75) is 0 Å². The van der Waals surface area contributed by atoms with E-state index in [1.54, 1.807) is 30.6 Å². The van der Waals surface area contributed by atoms with Crippen molar-refractivity contribution in [3.63, 3.8) is 0 Å². The van der Waals surface area contributed by atoms with Crippen molar-refractivity contribution in [2.75, 3.05) is 5.32 Å². The average Bonchev–Trinajstić information content (AvgIpc) is 3.10. The van der Waals surface area contributed by atoms with E-state index in [0.717, 1.165) is 16.8 Å². The van der Waals surface area contributed by atoms with Gasteiger partial charge in [0.05, 0.1) is 16.7 Å². The van der Waals surface area contributed by atoms with Gasteiger partial charge in [-0.05, 0) is 30.3 Å². The first-order valence-electron chi connectivity index (χ1n) is 7.43. The Labute approximate surface area is 152 Å². The minimum Gasteiger partial charge on any atom is -0.298 e. The Balaban J connectivity index is 1.55. The molecular formula is C18H11ClN4OS. The van der Waals surface area contributed by atoms with E-state index in [2.05, 4.69) is 20.3 Å². The lowest BCUT2D eigenvalue weighted by molar-refractivity contribution is 0.102. The Hall–Kier alpha value is -2.83. The fourth-order valence-electron chi connectivity index (χ4n) is 2.36. The summed E-state index contributed by atoms with van der Waals surface area (Å²) in [5.74, 6) is -0.232. The summed E-state index contributed by atoms with van der Waals surface area (Å²) >= 11 is 7.27. The van der Waals surface area contributed by atoms with Crippen LogP contribution in [0.4, 0.5) is 5.13 Å². The number of rotatable bonds is 3. The Morgan fingerprint density at radius 2 is 1.76 bits per heavy atom. The van der Waals surface area contributed by atoms with Crippen LogP contribution in [0.5, 0.6) is 0 Å². The Kier molecular flexibility index (Phi) is 4.13. The molecule has 0 radical (unpaired) electrons. The summed E-state index contributed by atoms with van der Waals surface area (Å²) in [4.78, 5) is 25.3. The van der Waals surface area contributed by atoms with Crippen LogP contribution in [0.2, 0.25) is 5.02 Å². The highest BCUT2D eigenvalue weighted by molar-refractivity contribution is 7.14. The van der Waals surface area contributed by atoms with E-state index in [-0.39, 0.29) is 5.91 Å². The van der Waals surface area contributed by atoms with Crippen LogP contribution in [0.1, 0.15) is 10.4 Å². The zero-order valence-electron chi connectivity index (χ0n) is 12.8. The van der Waals surface area contributed by atoms with E-state index in [9.17, 15) is 4.79 Å². The number of thiazole rings is 1. The lowest BCUT2D eigenvalue weighted by atomic mass is 10.2. The Morgan fingerprint density at radius 3 is 2.56 bits per heavy atom. The molecule has 0 unspecified atom stereocenters. The molecule has 1 amide bonds. The van der Waals surface area contributed by atoms with Crippen molar-refractivity contribution in [2.24, 2.45) is 0 Å². The molecule has 0 atom stereocenters. The number of anilines is 1. The normalized spacial score (nSPS) is 10.8. The molecule has 0 bridgehead atoms. The molecule has 4 aromatic rings. The van der Waals surface area contributed by atoms with Crippen LogP contribution < -0.4 is 5.32 Å². The number of carbonyl (C=O) groups is 1. The second kappa shape index (κ2) is 6.58. The second-order valence-electron chi connectivity index (χ2n) is 5.26. The van der Waals surface area contributed by atoms with Gasteiger partial charge < -0.3 is 0 Å². The van der Waals surface area contributed by atoms with E-state index in [1.807, 2.05) is 29.6 Å². The molecule has 5 nitrogen and oxygen atoms in total. The molecule has 122 valence electrons. The van der Waals surface area contributed by atoms with Crippen LogP contribution in [0.25, 0.3) is 22.3 Å². The van der Waals surface area contributed by atoms with Gasteiger partial charge in [-0.3, -0.25) is 20.1 Å². The highest BCUT2D eigenvalue weighted by Crippen LogP contribution is 2.26. The van der Waals surface area contributed by atoms with Crippen LogP contribution in [-0.4, -0.2) is 20.9 Å². The number of hydrogen-bond donors (Lipinski definition) is 1. The molecule has 0 aliphatic heterocycles. The molecule has 2 heterocycles. The summed E-state index contributed by atoms with van der Waals surface area (Å²) in [5.41, 5.74) is 3.68. The van der Waals surface area contributed by atoms with Gasteiger partial charge in [0.25, 0.3) is 5.91 Å². The van der Waals surface area contributed by atoms with E-state index in [1.165, 1.54) is 11.3 Å². The molecule has 0 aliphatic rings. The third kappa shape index (κ3) is 3.35. The number of nitrogens with one attached hydrogen (secondary N) is 1. The maximum absolute atomic E-state index is 12.4. The molecular weight excluding hydrogens is 356 g/mol. The van der Waals surface area contributed by atoms with Crippen molar-refractivity contribution in [1.82, 2.24) is 15.0 Å². The minimum atomic E-state index is -0.232. The van der Waals surface area contributed by atoms with Crippen molar-refractivity contribution in [1.29, 1.82) is 0 Å². The third-order valence-electron chi connectivity index (χ3n) is 3.60. The monoisotopic (exact) mass is 366 g/mol. The van der Waals surface area contributed by atoms with Crippen molar-refractivity contribution >= 4 is 45.0 Å². The molecule has 2 aromatic heterocycles. The summed E-state index contributed by atoms with van der Waals surface area (Å²) in [6, 6.07) is 12.6. The second-order valence-corrected chi connectivity index (χ2v) is 6.55. The fraction of sp³-hybridized carbons (Fsp3) is 0. The summed E-state index contributed by atoms with van der Waals surface area (Å²) < 4.78 is 0. The standard InChI is InChI=1S/C18H11ClN4OS/c19-13-4-1-11(2-5-13)16-10-25-18(22-16)23-17(24)12-3-6-14-15(9-12)21-8-7-20-14/h1-10H,(H,22,23,24). The third-order valence-corrected chi connectivity index (χ3v) is 4.61. The smallest absolute Gasteiger partial charge is 0.257 e. The van der Waals surface area contributed by atoms with Gasteiger partial charge >= 0.3 is 0 Å². The van der Waals surface area contributed by atoms with Crippen LogP contribution in [0.3, 0.4) is 0 Å². The van der Waals surface area contributed by atoms with Crippen molar-refractivity contribution in [3.8, 4) is 11.3 Å². The number of halogens is 1. The van der Waals surface area contributed by atoms with Gasteiger partial charge in [-0.1, -0.05) is 23.7 Å². The molecule has 0 aliphatic carbocycles. The number of hydrogen-bond acceptors (Lipinski definition) is 5. The van der Waals surface area contributed by atoms with Crippen LogP contribution >= 0.6 is 22.9 Å². The molecule has 1 N–H and O–H groups in total. The van der Waals surface area contributed by atoms with Gasteiger partial charge in [-0.15, -0.1) is 11.3 Å². The number of fused-ring (bicyclic) bond motifs is 1. The zero-order chi connectivity index (χ0) is 17.2. The number of amides is 1. The summed E-state index contributed by atoms with van der Waals surface area (Å²) in [5, 5.41) is 5.92. The lowest BCUT2D eigenvalue weighted by Gasteiger charge is -2.03. The maximum atomic E-state index is 12.4. The van der Waals surface area contributed by atoms with Crippen LogP contribution in [0.15, 0.2) is 60.2 Å². The van der Waals surface area contributed by atoms with Gasteiger partial charge in [0.15, 0.2) is 5.13 Å². The SMILES string of the molecule is O=C(Nc1nc(-c2ccc(Cl)cc2)cs1)c1ccc2nccnc2c1. The molecule has 25 heavy (non-hydrogen) atoms. The highest BCUT2D eigenvalue weighted by atomic mass is 35.5. The van der Waals surface area contributed by atoms with E-state index in [4.69, 9.17) is 11.6 Å². The quantitative estimate of drug-likeness (QED) is 0.572. The summed E-state index contributed by atoms with van der Waals surface area (Å²) in [6.07, 6.45) is 3.22. The van der Waals surface area contributed by atoms with Gasteiger partial charge in [-0.2, -0.15) is 0 Å². The van der Waals surface area contributed by atoms with Gasteiger partial charge in [0, 0.05) is 33.9 Å². The molecule has 2 aromatic carbocycles. The predicted octanol–water partition coefficient (Wildman–Crippen LogP) is 4.66. The van der Waals surface area contributed by atoms with Gasteiger partial charge in [0.2, 0.25) is 0 Å². The Bertz CT molecular complexity index is 1060. The number of nitrogens with zero attached hydrogens (tertiary/aromatic N) is 3. The van der Waals surface area contributed by atoms with Crippen molar-refractivity contribution in [3.05, 3.63) is 70.8 Å². The van der Waals surface area contributed by atoms with E-state index < -0.39 is 0 Å². The lowest BCUT2D eigenvalue weighted by Crippen LogP contribution is -2.11. The van der Waals surface area contributed by atoms with Gasteiger partial charge in [-0.25, -0.2) is 4.98 Å². The fourth-order valence-corrected chi connectivity index (χ4v) is 3.20. The largest absolute Gasteiger partial charge is 0.298 e. The molecule has 0 saturated carbocycles. The molecule has 0 saturated heterocycles. The van der Waals surface area contributed by atoms with E-state index >= 15 is 0 Å².